The van der Waals surface area contributed by atoms with Gasteiger partial charge in [-0.1, -0.05) is 72.8 Å². The van der Waals surface area contributed by atoms with Crippen molar-refractivity contribution in [2.24, 2.45) is 0 Å². The minimum Gasteiger partial charge on any atom is -0.456 e. The number of hydrogen-bond donors (Lipinski definition) is 0. The maximum Gasteiger partial charge on any atom is 0.147 e. The summed E-state index contributed by atoms with van der Waals surface area (Å²) in [6.07, 6.45) is 0. The molecule has 0 bridgehead atoms. The Balaban J connectivity index is 1.38. The van der Waals surface area contributed by atoms with E-state index in [0.717, 1.165) is 82.5 Å². The molecule has 0 radical (unpaired) electrons. The summed E-state index contributed by atoms with van der Waals surface area (Å²) in [5.74, 6) is 0. The second kappa shape index (κ2) is 8.11. The van der Waals surface area contributed by atoms with Crippen molar-refractivity contribution in [3.63, 3.8) is 0 Å². The molecular formula is C37H20N2O2. The first kappa shape index (κ1) is 22.1. The molecule has 41 heavy (non-hydrogen) atoms. The molecule has 0 saturated carbocycles. The predicted octanol–water partition coefficient (Wildman–Crippen LogP) is 10.1. The van der Waals surface area contributed by atoms with E-state index in [1.54, 1.807) is 0 Å². The highest BCUT2D eigenvalue weighted by Crippen LogP contribution is 2.42. The van der Waals surface area contributed by atoms with Gasteiger partial charge in [-0.3, -0.25) is 0 Å². The van der Waals surface area contributed by atoms with Crippen molar-refractivity contribution < 1.29 is 8.83 Å². The number of aromatic nitrogens is 1. The molecule has 0 aliphatic heterocycles. The summed E-state index contributed by atoms with van der Waals surface area (Å²) < 4.78 is 14.9. The lowest BCUT2D eigenvalue weighted by Gasteiger charge is -2.16. The number of benzene rings is 6. The molecule has 3 heterocycles. The lowest BCUT2D eigenvalue weighted by atomic mass is 9.98. The van der Waals surface area contributed by atoms with Crippen molar-refractivity contribution >= 4 is 65.7 Å². The van der Waals surface area contributed by atoms with Crippen molar-refractivity contribution in [1.82, 2.24) is 4.57 Å². The van der Waals surface area contributed by atoms with Gasteiger partial charge in [-0.05, 0) is 54.1 Å². The molecule has 190 valence electrons. The number of fused-ring (bicyclic) bond motifs is 10. The molecule has 6 aromatic carbocycles. The molecule has 0 spiro atoms. The van der Waals surface area contributed by atoms with Crippen molar-refractivity contribution in [2.75, 3.05) is 0 Å². The van der Waals surface area contributed by atoms with Crippen LogP contribution in [-0.4, -0.2) is 4.57 Å². The highest BCUT2D eigenvalue weighted by molar-refractivity contribution is 6.22. The highest BCUT2D eigenvalue weighted by Gasteiger charge is 2.20. The zero-order chi connectivity index (χ0) is 27.1. The first-order chi connectivity index (χ1) is 20.3. The van der Waals surface area contributed by atoms with Crippen LogP contribution in [0.1, 0.15) is 5.56 Å². The van der Waals surface area contributed by atoms with E-state index in [1.165, 1.54) is 0 Å². The molecule has 9 aromatic rings. The fraction of sp³-hybridized carbons (Fsp3) is 0. The molecule has 9 rings (SSSR count). The van der Waals surface area contributed by atoms with Crippen molar-refractivity contribution in [2.45, 2.75) is 0 Å². The van der Waals surface area contributed by atoms with Crippen molar-refractivity contribution in [3.05, 3.63) is 127 Å². The highest BCUT2D eigenvalue weighted by atomic mass is 16.3. The molecule has 0 fully saturated rings. The number of furan rings is 2. The van der Waals surface area contributed by atoms with E-state index in [-0.39, 0.29) is 0 Å². The molecule has 3 aromatic heterocycles. The third kappa shape index (κ3) is 2.98. The summed E-state index contributed by atoms with van der Waals surface area (Å²) >= 11 is 0. The number of hydrogen-bond acceptors (Lipinski definition) is 3. The maximum atomic E-state index is 10.3. The van der Waals surface area contributed by atoms with E-state index < -0.39 is 0 Å². The largest absolute Gasteiger partial charge is 0.456 e. The van der Waals surface area contributed by atoms with Gasteiger partial charge in [-0.2, -0.15) is 5.26 Å². The third-order valence-corrected chi connectivity index (χ3v) is 8.25. The Morgan fingerprint density at radius 1 is 0.537 bits per heavy atom. The van der Waals surface area contributed by atoms with Gasteiger partial charge in [0, 0.05) is 32.5 Å². The molecule has 4 heteroatoms. The van der Waals surface area contributed by atoms with Gasteiger partial charge in [0.25, 0.3) is 0 Å². The summed E-state index contributed by atoms with van der Waals surface area (Å²) in [7, 11) is 0. The third-order valence-electron chi connectivity index (χ3n) is 8.25. The smallest absolute Gasteiger partial charge is 0.147 e. The van der Waals surface area contributed by atoms with Crippen LogP contribution in [0.15, 0.2) is 130 Å². The average Bonchev–Trinajstić information content (AvgIpc) is 3.69. The van der Waals surface area contributed by atoms with E-state index in [0.29, 0.717) is 5.56 Å². The molecule has 0 aliphatic rings. The second-order valence-electron chi connectivity index (χ2n) is 10.4. The zero-order valence-electron chi connectivity index (χ0n) is 21.8. The van der Waals surface area contributed by atoms with Crippen LogP contribution in [0.4, 0.5) is 0 Å². The summed E-state index contributed by atoms with van der Waals surface area (Å²) in [6, 6.07) is 43.7. The molecular weight excluding hydrogens is 504 g/mol. The molecule has 0 amide bonds. The van der Waals surface area contributed by atoms with Crippen LogP contribution in [0.25, 0.3) is 82.5 Å². The van der Waals surface area contributed by atoms with Crippen LogP contribution in [-0.2, 0) is 0 Å². The van der Waals surface area contributed by atoms with Gasteiger partial charge in [0.2, 0.25) is 0 Å². The van der Waals surface area contributed by atoms with Gasteiger partial charge >= 0.3 is 0 Å². The molecule has 0 atom stereocenters. The van der Waals surface area contributed by atoms with Crippen LogP contribution in [0.3, 0.4) is 0 Å². The Morgan fingerprint density at radius 2 is 1.22 bits per heavy atom. The van der Waals surface area contributed by atoms with Crippen LogP contribution < -0.4 is 0 Å². The van der Waals surface area contributed by atoms with E-state index in [1.807, 2.05) is 42.5 Å². The van der Waals surface area contributed by atoms with Gasteiger partial charge in [0.15, 0.2) is 0 Å². The van der Waals surface area contributed by atoms with E-state index >= 15 is 0 Å². The lowest BCUT2D eigenvalue weighted by molar-refractivity contribution is 0.663. The second-order valence-corrected chi connectivity index (χ2v) is 10.4. The standard InChI is InChI=1S/C37H20N2O2/c38-21-23-8-7-12-24(36(23)39-30-13-4-1-9-25(30)26-10-2-5-14-31(26)39)22-16-18-33-29(20-22)35-34(40-33)19-17-28-27-11-3-6-15-32(27)41-37(28)35/h1-20H. The maximum absolute atomic E-state index is 10.3. The number of nitriles is 1. The van der Waals surface area contributed by atoms with Crippen LogP contribution in [0, 0.1) is 11.3 Å². The SMILES string of the molecule is N#Cc1cccc(-c2ccc3oc4ccc5c6ccccc6oc5c4c3c2)c1-n1c2ccccc2c2ccccc21. The molecule has 4 nitrogen and oxygen atoms in total. The minimum atomic E-state index is 0.617. The van der Waals surface area contributed by atoms with Gasteiger partial charge in [0.05, 0.1) is 27.7 Å². The molecule has 0 aliphatic carbocycles. The quantitative estimate of drug-likeness (QED) is 0.226. The average molecular weight is 525 g/mol. The monoisotopic (exact) mass is 524 g/mol. The minimum absolute atomic E-state index is 0.617. The van der Waals surface area contributed by atoms with E-state index in [9.17, 15) is 5.26 Å². The van der Waals surface area contributed by atoms with Crippen LogP contribution in [0.5, 0.6) is 0 Å². The summed E-state index contributed by atoms with van der Waals surface area (Å²) in [6.45, 7) is 0. The summed E-state index contributed by atoms with van der Waals surface area (Å²) in [4.78, 5) is 0. The predicted molar refractivity (Wildman–Crippen MR) is 165 cm³/mol. The molecule has 0 saturated heterocycles. The van der Waals surface area contributed by atoms with Gasteiger partial charge < -0.3 is 13.4 Å². The van der Waals surface area contributed by atoms with Crippen LogP contribution in [0.2, 0.25) is 0 Å². The number of nitrogens with zero attached hydrogens (tertiary/aromatic N) is 2. The first-order valence-corrected chi connectivity index (χ1v) is 13.6. The molecule has 0 unspecified atom stereocenters. The van der Waals surface area contributed by atoms with E-state index in [4.69, 9.17) is 8.83 Å². The fourth-order valence-corrected chi connectivity index (χ4v) is 6.48. The fourth-order valence-electron chi connectivity index (χ4n) is 6.48. The van der Waals surface area contributed by atoms with Crippen molar-refractivity contribution in [1.29, 1.82) is 5.26 Å². The Hall–Kier alpha value is -5.79. The Bertz CT molecular complexity index is 2500. The number of rotatable bonds is 2. The molecule has 0 N–H and O–H groups in total. The Morgan fingerprint density at radius 3 is 2.00 bits per heavy atom. The van der Waals surface area contributed by atoms with Crippen molar-refractivity contribution in [3.8, 4) is 22.9 Å². The lowest BCUT2D eigenvalue weighted by Crippen LogP contribution is -2.00. The zero-order valence-corrected chi connectivity index (χ0v) is 21.8. The first-order valence-electron chi connectivity index (χ1n) is 13.6. The normalized spacial score (nSPS) is 11.9. The topological polar surface area (TPSA) is 55.0 Å². The Labute approximate surface area is 233 Å². The van der Waals surface area contributed by atoms with E-state index in [2.05, 4.69) is 89.5 Å². The Kier molecular flexibility index (Phi) is 4.37. The van der Waals surface area contributed by atoms with Gasteiger partial charge in [-0.25, -0.2) is 0 Å². The van der Waals surface area contributed by atoms with Gasteiger partial charge in [0.1, 0.15) is 28.4 Å². The number of para-hydroxylation sites is 4. The summed E-state index contributed by atoms with van der Waals surface area (Å²) in [5, 5.41) is 16.7. The van der Waals surface area contributed by atoms with Gasteiger partial charge in [-0.15, -0.1) is 0 Å². The summed E-state index contributed by atoms with van der Waals surface area (Å²) in [5.41, 5.74) is 8.87. The van der Waals surface area contributed by atoms with Crippen LogP contribution >= 0.6 is 0 Å².